The fraction of sp³-hybridized carbons (Fsp3) is 0.600. The molecule has 0 amide bonds. The summed E-state index contributed by atoms with van der Waals surface area (Å²) in [6, 6.07) is -0.606. The predicted molar refractivity (Wildman–Crippen MR) is 46.4 cm³/mol. The Kier molecular flexibility index (Phi) is 3.67. The molecule has 0 radical (unpaired) electrons. The summed E-state index contributed by atoms with van der Waals surface area (Å²) in [6.07, 6.45) is 0. The number of thiocarbonyl (C=S) groups is 1. The van der Waals surface area contributed by atoms with Crippen molar-refractivity contribution in [2.24, 2.45) is 0 Å². The Bertz CT molecular complexity index is 142. The van der Waals surface area contributed by atoms with Crippen molar-refractivity contribution in [3.05, 3.63) is 0 Å². The minimum Gasteiger partial charge on any atom is -0.480 e. The molecule has 0 aromatic heterocycles. The van der Waals surface area contributed by atoms with E-state index in [9.17, 15) is 4.79 Å². The SMILES string of the molecule is CC(C(=O)O)N(C)C(=S)S. The number of carbonyl (C=O) groups is 1. The molecule has 58 valence electrons. The van der Waals surface area contributed by atoms with Crippen LogP contribution in [-0.4, -0.2) is 33.4 Å². The molecule has 0 saturated heterocycles. The monoisotopic (exact) mass is 179 g/mol. The van der Waals surface area contributed by atoms with Gasteiger partial charge in [0.25, 0.3) is 0 Å². The van der Waals surface area contributed by atoms with Crippen molar-refractivity contribution in [2.75, 3.05) is 7.05 Å². The predicted octanol–water partition coefficient (Wildman–Crippen LogP) is 0.606. The van der Waals surface area contributed by atoms with Crippen LogP contribution in [0.15, 0.2) is 0 Å². The van der Waals surface area contributed by atoms with E-state index < -0.39 is 12.0 Å². The summed E-state index contributed by atoms with van der Waals surface area (Å²) in [7, 11) is 1.59. The molecule has 0 spiro atoms. The molecule has 0 aliphatic rings. The average Bonchev–Trinajstić information content (AvgIpc) is 1.84. The third-order valence-corrected chi connectivity index (χ3v) is 1.84. The van der Waals surface area contributed by atoms with Gasteiger partial charge in [-0.1, -0.05) is 12.2 Å². The summed E-state index contributed by atoms with van der Waals surface area (Å²) in [5.74, 6) is -0.904. The van der Waals surface area contributed by atoms with Crippen LogP contribution in [0.4, 0.5) is 0 Å². The van der Waals surface area contributed by atoms with Crippen molar-refractivity contribution in [3.8, 4) is 0 Å². The molecule has 0 heterocycles. The lowest BCUT2D eigenvalue weighted by molar-refractivity contribution is -0.140. The van der Waals surface area contributed by atoms with E-state index in [1.54, 1.807) is 14.0 Å². The first-order valence-corrected chi connectivity index (χ1v) is 3.51. The van der Waals surface area contributed by atoms with Gasteiger partial charge >= 0.3 is 5.97 Å². The lowest BCUT2D eigenvalue weighted by Gasteiger charge is -2.20. The summed E-state index contributed by atoms with van der Waals surface area (Å²) in [5, 5.41) is 8.47. The van der Waals surface area contributed by atoms with E-state index in [2.05, 4.69) is 24.8 Å². The molecule has 1 atom stereocenters. The second kappa shape index (κ2) is 3.78. The topological polar surface area (TPSA) is 40.5 Å². The van der Waals surface area contributed by atoms with Gasteiger partial charge in [-0.15, -0.1) is 12.6 Å². The first kappa shape index (κ1) is 9.71. The molecular weight excluding hydrogens is 170 g/mol. The quantitative estimate of drug-likeness (QED) is 0.481. The van der Waals surface area contributed by atoms with Crippen LogP contribution in [0.3, 0.4) is 0 Å². The van der Waals surface area contributed by atoms with Gasteiger partial charge in [0.2, 0.25) is 0 Å². The standard InChI is InChI=1S/C5H9NO2S2/c1-3(4(7)8)6(2)5(9)10/h3H,1-2H3,(H,7,8)(H,9,10). The van der Waals surface area contributed by atoms with Gasteiger partial charge in [0.1, 0.15) is 10.4 Å². The molecule has 0 aromatic carbocycles. The molecular formula is C5H9NO2S2. The third kappa shape index (κ3) is 2.53. The second-order valence-electron chi connectivity index (χ2n) is 1.91. The van der Waals surface area contributed by atoms with E-state index in [4.69, 9.17) is 5.11 Å². The molecule has 1 N–H and O–H groups in total. The summed E-state index contributed by atoms with van der Waals surface area (Å²) in [5.41, 5.74) is 0. The Balaban J connectivity index is 4.07. The lowest BCUT2D eigenvalue weighted by Crippen LogP contribution is -2.37. The minimum absolute atomic E-state index is 0.287. The zero-order valence-corrected chi connectivity index (χ0v) is 7.45. The molecule has 0 aliphatic heterocycles. The number of hydrogen-bond donors (Lipinski definition) is 2. The van der Waals surface area contributed by atoms with Gasteiger partial charge in [-0.3, -0.25) is 0 Å². The van der Waals surface area contributed by atoms with Gasteiger partial charge in [-0.25, -0.2) is 4.79 Å². The average molecular weight is 179 g/mol. The zero-order chi connectivity index (χ0) is 8.31. The number of likely N-dealkylation sites (N-methyl/N-ethyl adjacent to an activating group) is 1. The maximum Gasteiger partial charge on any atom is 0.326 e. The Labute approximate surface area is 70.4 Å². The van der Waals surface area contributed by atoms with Crippen molar-refractivity contribution in [2.45, 2.75) is 13.0 Å². The van der Waals surface area contributed by atoms with E-state index in [1.165, 1.54) is 4.90 Å². The summed E-state index contributed by atoms with van der Waals surface area (Å²) in [6.45, 7) is 1.55. The third-order valence-electron chi connectivity index (χ3n) is 1.24. The van der Waals surface area contributed by atoms with Crippen LogP contribution in [0.5, 0.6) is 0 Å². The molecule has 1 unspecified atom stereocenters. The first-order chi connectivity index (χ1) is 4.46. The molecule has 3 nitrogen and oxygen atoms in total. The smallest absolute Gasteiger partial charge is 0.326 e. The Hall–Kier alpha value is -0.290. The molecule has 0 saturated carbocycles. The summed E-state index contributed by atoms with van der Waals surface area (Å²) >= 11 is 8.46. The second-order valence-corrected chi connectivity index (χ2v) is 3.02. The maximum absolute atomic E-state index is 10.3. The Morgan fingerprint density at radius 3 is 2.30 bits per heavy atom. The fourth-order valence-corrected chi connectivity index (χ4v) is 0.663. The first-order valence-electron chi connectivity index (χ1n) is 2.65. The normalized spacial score (nSPS) is 12.3. The van der Waals surface area contributed by atoms with E-state index in [0.29, 0.717) is 0 Å². The number of carboxylic acids is 1. The number of rotatable bonds is 2. The number of nitrogens with zero attached hydrogens (tertiary/aromatic N) is 1. The zero-order valence-electron chi connectivity index (χ0n) is 5.74. The molecule has 0 rings (SSSR count). The molecule has 10 heavy (non-hydrogen) atoms. The van der Waals surface area contributed by atoms with Crippen LogP contribution in [0.1, 0.15) is 6.92 Å². The van der Waals surface area contributed by atoms with Crippen LogP contribution in [0, 0.1) is 0 Å². The highest BCUT2D eigenvalue weighted by atomic mass is 32.1. The van der Waals surface area contributed by atoms with E-state index in [0.717, 1.165) is 0 Å². The van der Waals surface area contributed by atoms with Crippen molar-refractivity contribution in [1.82, 2.24) is 4.90 Å². The van der Waals surface area contributed by atoms with Gasteiger partial charge in [-0.05, 0) is 6.92 Å². The maximum atomic E-state index is 10.3. The largest absolute Gasteiger partial charge is 0.480 e. The molecule has 0 aromatic rings. The summed E-state index contributed by atoms with van der Waals surface area (Å²) < 4.78 is 0.287. The number of aliphatic carboxylic acids is 1. The van der Waals surface area contributed by atoms with E-state index in [1.807, 2.05) is 0 Å². The lowest BCUT2D eigenvalue weighted by atomic mass is 10.3. The number of thiol groups is 1. The van der Waals surface area contributed by atoms with Crippen molar-refractivity contribution >= 4 is 35.1 Å². The highest BCUT2D eigenvalue weighted by Gasteiger charge is 2.16. The molecule has 0 bridgehead atoms. The van der Waals surface area contributed by atoms with Gasteiger partial charge < -0.3 is 10.0 Å². The van der Waals surface area contributed by atoms with Crippen LogP contribution in [0.25, 0.3) is 0 Å². The van der Waals surface area contributed by atoms with Crippen LogP contribution in [-0.2, 0) is 4.79 Å². The molecule has 0 aliphatic carbocycles. The summed E-state index contributed by atoms with van der Waals surface area (Å²) in [4.78, 5) is 11.7. The highest BCUT2D eigenvalue weighted by Crippen LogP contribution is 1.99. The van der Waals surface area contributed by atoms with Crippen molar-refractivity contribution in [1.29, 1.82) is 0 Å². The van der Waals surface area contributed by atoms with Crippen LogP contribution in [0.2, 0.25) is 0 Å². The van der Waals surface area contributed by atoms with Gasteiger partial charge in [-0.2, -0.15) is 0 Å². The number of carboxylic acid groups (broad SMARTS) is 1. The van der Waals surface area contributed by atoms with Crippen LogP contribution < -0.4 is 0 Å². The van der Waals surface area contributed by atoms with E-state index in [-0.39, 0.29) is 4.32 Å². The fourth-order valence-electron chi connectivity index (χ4n) is 0.331. The van der Waals surface area contributed by atoms with Crippen molar-refractivity contribution in [3.63, 3.8) is 0 Å². The van der Waals surface area contributed by atoms with Crippen LogP contribution >= 0.6 is 24.8 Å². The van der Waals surface area contributed by atoms with E-state index >= 15 is 0 Å². The Morgan fingerprint density at radius 1 is 1.80 bits per heavy atom. The van der Waals surface area contributed by atoms with Crippen molar-refractivity contribution < 1.29 is 9.90 Å². The highest BCUT2D eigenvalue weighted by molar-refractivity contribution is 8.10. The molecule has 5 heteroatoms. The Morgan fingerprint density at radius 2 is 2.20 bits per heavy atom. The minimum atomic E-state index is -0.904. The van der Waals surface area contributed by atoms with Gasteiger partial charge in [0, 0.05) is 7.05 Å². The van der Waals surface area contributed by atoms with Gasteiger partial charge in [0.05, 0.1) is 0 Å². The number of hydrogen-bond acceptors (Lipinski definition) is 2. The van der Waals surface area contributed by atoms with Gasteiger partial charge in [0.15, 0.2) is 0 Å². The molecule has 0 fully saturated rings.